The minimum absolute atomic E-state index is 0.0612. The second-order valence-electron chi connectivity index (χ2n) is 19.6. The molecule has 0 aliphatic heterocycles. The number of unbranched alkanes of at least 4 members (excludes halogenated alkanes) is 42. The van der Waals surface area contributed by atoms with Crippen LogP contribution in [0, 0.1) is 0 Å². The molecule has 0 heterocycles. The van der Waals surface area contributed by atoms with Crippen molar-refractivity contribution in [2.75, 3.05) is 13.2 Å². The van der Waals surface area contributed by atoms with Gasteiger partial charge >= 0.3 is 17.9 Å². The van der Waals surface area contributed by atoms with Crippen molar-refractivity contribution in [3.05, 3.63) is 0 Å². The summed E-state index contributed by atoms with van der Waals surface area (Å²) in [4.78, 5) is 38.1. The third kappa shape index (κ3) is 51.3. The Hall–Kier alpha value is -1.59. The molecule has 0 bridgehead atoms. The standard InChI is InChI=1S/C57H110O6/c1-4-7-10-13-16-19-22-25-26-27-28-29-30-33-35-38-41-44-47-50-56(59)62-53-54(63-57(60)51-48-45-42-39-36-32-24-21-18-15-12-9-6-3)52-61-55(58)49-46-43-40-37-34-31-23-20-17-14-11-8-5-2/h54H,4-53H2,1-3H3. The summed E-state index contributed by atoms with van der Waals surface area (Å²) in [5.41, 5.74) is 0. The Morgan fingerprint density at radius 2 is 0.429 bits per heavy atom. The van der Waals surface area contributed by atoms with E-state index in [0.29, 0.717) is 19.3 Å². The molecule has 0 saturated carbocycles. The molecule has 0 radical (unpaired) electrons. The monoisotopic (exact) mass is 891 g/mol. The maximum absolute atomic E-state index is 12.8. The van der Waals surface area contributed by atoms with Crippen LogP contribution in [0.1, 0.15) is 329 Å². The van der Waals surface area contributed by atoms with Gasteiger partial charge in [-0.25, -0.2) is 0 Å². The number of ether oxygens (including phenoxy) is 3. The van der Waals surface area contributed by atoms with E-state index in [1.165, 1.54) is 231 Å². The van der Waals surface area contributed by atoms with Crippen molar-refractivity contribution in [2.45, 2.75) is 335 Å². The molecular formula is C57H110O6. The second-order valence-corrected chi connectivity index (χ2v) is 19.6. The topological polar surface area (TPSA) is 78.9 Å². The molecular weight excluding hydrogens is 781 g/mol. The third-order valence-electron chi connectivity index (χ3n) is 13.1. The average Bonchev–Trinajstić information content (AvgIpc) is 3.28. The molecule has 0 fully saturated rings. The Kier molecular flexibility index (Phi) is 51.7. The largest absolute Gasteiger partial charge is 0.462 e. The highest BCUT2D eigenvalue weighted by molar-refractivity contribution is 5.71. The molecule has 6 nitrogen and oxygen atoms in total. The first-order valence-electron chi connectivity index (χ1n) is 28.5. The molecule has 0 amide bonds. The van der Waals surface area contributed by atoms with Gasteiger partial charge in [-0.15, -0.1) is 0 Å². The van der Waals surface area contributed by atoms with Gasteiger partial charge in [0.05, 0.1) is 0 Å². The van der Waals surface area contributed by atoms with Crippen molar-refractivity contribution < 1.29 is 28.6 Å². The van der Waals surface area contributed by atoms with Crippen molar-refractivity contribution in [1.29, 1.82) is 0 Å². The van der Waals surface area contributed by atoms with Crippen molar-refractivity contribution in [1.82, 2.24) is 0 Å². The lowest BCUT2D eigenvalue weighted by atomic mass is 10.0. The first-order valence-corrected chi connectivity index (χ1v) is 28.5. The van der Waals surface area contributed by atoms with E-state index < -0.39 is 6.10 Å². The fraction of sp³-hybridized carbons (Fsp3) is 0.947. The van der Waals surface area contributed by atoms with E-state index in [9.17, 15) is 14.4 Å². The van der Waals surface area contributed by atoms with Gasteiger partial charge in [0, 0.05) is 19.3 Å². The molecule has 374 valence electrons. The average molecular weight is 892 g/mol. The zero-order valence-electron chi connectivity index (χ0n) is 42.9. The van der Waals surface area contributed by atoms with Gasteiger partial charge in [0.2, 0.25) is 0 Å². The lowest BCUT2D eigenvalue weighted by Crippen LogP contribution is -2.30. The van der Waals surface area contributed by atoms with Crippen LogP contribution in [0.4, 0.5) is 0 Å². The quantitative estimate of drug-likeness (QED) is 0.0344. The highest BCUT2D eigenvalue weighted by Crippen LogP contribution is 2.18. The van der Waals surface area contributed by atoms with Crippen LogP contribution < -0.4 is 0 Å². The summed E-state index contributed by atoms with van der Waals surface area (Å²) < 4.78 is 16.9. The third-order valence-corrected chi connectivity index (χ3v) is 13.1. The van der Waals surface area contributed by atoms with Gasteiger partial charge in [-0.1, -0.05) is 290 Å². The van der Waals surface area contributed by atoms with Crippen molar-refractivity contribution >= 4 is 17.9 Å². The summed E-state index contributed by atoms with van der Waals surface area (Å²) in [5, 5.41) is 0. The van der Waals surface area contributed by atoms with Gasteiger partial charge in [0.25, 0.3) is 0 Å². The molecule has 0 rings (SSSR count). The number of rotatable bonds is 53. The maximum Gasteiger partial charge on any atom is 0.306 e. The zero-order chi connectivity index (χ0) is 45.8. The molecule has 0 aromatic carbocycles. The van der Waals surface area contributed by atoms with E-state index >= 15 is 0 Å². The van der Waals surface area contributed by atoms with Crippen molar-refractivity contribution in [3.8, 4) is 0 Å². The molecule has 6 heteroatoms. The summed E-state index contributed by atoms with van der Waals surface area (Å²) >= 11 is 0. The van der Waals surface area contributed by atoms with Gasteiger partial charge in [-0.3, -0.25) is 14.4 Å². The Balaban J connectivity index is 4.25. The van der Waals surface area contributed by atoms with Crippen molar-refractivity contribution in [3.63, 3.8) is 0 Å². The van der Waals surface area contributed by atoms with E-state index in [1.807, 2.05) is 0 Å². The van der Waals surface area contributed by atoms with E-state index in [-0.39, 0.29) is 31.1 Å². The highest BCUT2D eigenvalue weighted by atomic mass is 16.6. The molecule has 0 N–H and O–H groups in total. The fourth-order valence-corrected chi connectivity index (χ4v) is 8.80. The molecule has 0 aromatic heterocycles. The van der Waals surface area contributed by atoms with E-state index in [0.717, 1.165) is 57.8 Å². The minimum Gasteiger partial charge on any atom is -0.462 e. The fourth-order valence-electron chi connectivity index (χ4n) is 8.80. The molecule has 0 aromatic rings. The van der Waals surface area contributed by atoms with Gasteiger partial charge < -0.3 is 14.2 Å². The van der Waals surface area contributed by atoms with Gasteiger partial charge in [0.15, 0.2) is 6.10 Å². The van der Waals surface area contributed by atoms with Crippen LogP contribution >= 0.6 is 0 Å². The van der Waals surface area contributed by atoms with Gasteiger partial charge in [0.1, 0.15) is 13.2 Å². The number of hydrogen-bond donors (Lipinski definition) is 0. The summed E-state index contributed by atoms with van der Waals surface area (Å²) in [6.45, 7) is 6.70. The summed E-state index contributed by atoms with van der Waals surface area (Å²) in [5.74, 6) is -0.834. The van der Waals surface area contributed by atoms with Gasteiger partial charge in [-0.05, 0) is 19.3 Å². The Morgan fingerprint density at radius 1 is 0.254 bits per heavy atom. The molecule has 0 aliphatic rings. The Bertz CT molecular complexity index is 936. The lowest BCUT2D eigenvalue weighted by Gasteiger charge is -2.18. The molecule has 0 saturated heterocycles. The number of carbonyl (C=O) groups excluding carboxylic acids is 3. The molecule has 1 atom stereocenters. The predicted octanol–water partition coefficient (Wildman–Crippen LogP) is 18.8. The van der Waals surface area contributed by atoms with E-state index in [2.05, 4.69) is 20.8 Å². The van der Waals surface area contributed by atoms with Crippen LogP contribution in [0.5, 0.6) is 0 Å². The number of esters is 3. The highest BCUT2D eigenvalue weighted by Gasteiger charge is 2.19. The minimum atomic E-state index is -0.760. The molecule has 0 spiro atoms. The van der Waals surface area contributed by atoms with Crippen LogP contribution in [0.25, 0.3) is 0 Å². The molecule has 63 heavy (non-hydrogen) atoms. The van der Waals surface area contributed by atoms with E-state index in [1.54, 1.807) is 0 Å². The predicted molar refractivity (Wildman–Crippen MR) is 270 cm³/mol. The Labute approximate surface area is 393 Å². The van der Waals surface area contributed by atoms with Crippen LogP contribution in [0.2, 0.25) is 0 Å². The summed E-state index contributed by atoms with van der Waals surface area (Å²) in [6.07, 6.45) is 58.0. The smallest absolute Gasteiger partial charge is 0.306 e. The van der Waals surface area contributed by atoms with Crippen LogP contribution in [-0.4, -0.2) is 37.2 Å². The Morgan fingerprint density at radius 3 is 0.635 bits per heavy atom. The van der Waals surface area contributed by atoms with Crippen LogP contribution in [0.15, 0.2) is 0 Å². The zero-order valence-corrected chi connectivity index (χ0v) is 42.9. The first-order chi connectivity index (χ1) is 31.0. The maximum atomic E-state index is 12.8. The molecule has 1 unspecified atom stereocenters. The lowest BCUT2D eigenvalue weighted by molar-refractivity contribution is -0.167. The van der Waals surface area contributed by atoms with Crippen molar-refractivity contribution in [2.24, 2.45) is 0 Å². The summed E-state index contributed by atoms with van der Waals surface area (Å²) in [6, 6.07) is 0. The second kappa shape index (κ2) is 53.0. The summed E-state index contributed by atoms with van der Waals surface area (Å²) in [7, 11) is 0. The number of hydrogen-bond acceptors (Lipinski definition) is 6. The SMILES string of the molecule is CCCCCCCCCCCCCCCCCCCCCC(=O)OCC(COC(=O)CCCCCCCCCCCCCCC)OC(=O)CCCCCCCCCCCCCCC. The van der Waals surface area contributed by atoms with E-state index in [4.69, 9.17) is 14.2 Å². The van der Waals surface area contributed by atoms with Gasteiger partial charge in [-0.2, -0.15) is 0 Å². The van der Waals surface area contributed by atoms with Crippen LogP contribution in [0.3, 0.4) is 0 Å². The normalized spacial score (nSPS) is 11.9. The van der Waals surface area contributed by atoms with Crippen LogP contribution in [-0.2, 0) is 28.6 Å². The first kappa shape index (κ1) is 61.4. The molecule has 0 aliphatic carbocycles. The number of carbonyl (C=O) groups is 3.